The third-order valence-electron chi connectivity index (χ3n) is 3.42. The Morgan fingerprint density at radius 3 is 2.58 bits per heavy atom. The van der Waals surface area contributed by atoms with Gasteiger partial charge in [-0.1, -0.05) is 19.4 Å². The highest BCUT2D eigenvalue weighted by atomic mass is 16.2. The molecule has 0 aliphatic carbocycles. The zero-order valence-electron chi connectivity index (χ0n) is 11.9. The van der Waals surface area contributed by atoms with Crippen LogP contribution in [0.1, 0.15) is 37.3 Å². The van der Waals surface area contributed by atoms with Gasteiger partial charge in [0.2, 0.25) is 5.91 Å². The predicted molar refractivity (Wildman–Crippen MR) is 77.9 cm³/mol. The second kappa shape index (κ2) is 6.17. The van der Waals surface area contributed by atoms with Crippen LogP contribution in [0.2, 0.25) is 0 Å². The molecule has 3 N–H and O–H groups in total. The molecule has 1 fully saturated rings. The highest BCUT2D eigenvalue weighted by Gasteiger charge is 2.28. The lowest BCUT2D eigenvalue weighted by Crippen LogP contribution is -2.40. The van der Waals surface area contributed by atoms with Gasteiger partial charge in [0.15, 0.2) is 0 Å². The molecule has 4 nitrogen and oxygen atoms in total. The molecule has 1 heterocycles. The van der Waals surface area contributed by atoms with Gasteiger partial charge in [-0.15, -0.1) is 0 Å². The normalized spacial score (nSPS) is 22.5. The summed E-state index contributed by atoms with van der Waals surface area (Å²) in [4.78, 5) is 12.2. The van der Waals surface area contributed by atoms with E-state index < -0.39 is 0 Å². The molecule has 0 bridgehead atoms. The van der Waals surface area contributed by atoms with Crippen LogP contribution in [0.15, 0.2) is 18.2 Å². The van der Waals surface area contributed by atoms with E-state index in [0.29, 0.717) is 6.04 Å². The van der Waals surface area contributed by atoms with Crippen LogP contribution in [-0.4, -0.2) is 18.0 Å². The second-order valence-corrected chi connectivity index (χ2v) is 5.43. The Morgan fingerprint density at radius 2 is 1.95 bits per heavy atom. The van der Waals surface area contributed by atoms with E-state index in [9.17, 15) is 4.79 Å². The second-order valence-electron chi connectivity index (χ2n) is 5.43. The van der Waals surface area contributed by atoms with Gasteiger partial charge >= 0.3 is 0 Å². The SMILES string of the molecule is CCCC1CC(C(=O)Nc2cc(C)cc(C)c2)NN1. The van der Waals surface area contributed by atoms with Gasteiger partial charge in [0.05, 0.1) is 0 Å². The van der Waals surface area contributed by atoms with E-state index in [1.165, 1.54) is 0 Å². The summed E-state index contributed by atoms with van der Waals surface area (Å²) >= 11 is 0. The largest absolute Gasteiger partial charge is 0.325 e. The van der Waals surface area contributed by atoms with Crippen molar-refractivity contribution in [2.75, 3.05) is 5.32 Å². The summed E-state index contributed by atoms with van der Waals surface area (Å²) in [5, 5.41) is 2.99. The number of hydrogen-bond acceptors (Lipinski definition) is 3. The summed E-state index contributed by atoms with van der Waals surface area (Å²) in [5.74, 6) is 0.0381. The van der Waals surface area contributed by atoms with Crippen molar-refractivity contribution >= 4 is 11.6 Å². The Kier molecular flexibility index (Phi) is 4.56. The van der Waals surface area contributed by atoms with Crippen molar-refractivity contribution < 1.29 is 4.79 Å². The molecule has 1 aliphatic heterocycles. The van der Waals surface area contributed by atoms with Crippen LogP contribution < -0.4 is 16.2 Å². The van der Waals surface area contributed by atoms with Gasteiger partial charge in [-0.3, -0.25) is 10.2 Å². The van der Waals surface area contributed by atoms with Gasteiger partial charge in [0, 0.05) is 11.7 Å². The van der Waals surface area contributed by atoms with Crippen molar-refractivity contribution in [3.05, 3.63) is 29.3 Å². The minimum Gasteiger partial charge on any atom is -0.325 e. The van der Waals surface area contributed by atoms with E-state index in [2.05, 4.69) is 29.2 Å². The van der Waals surface area contributed by atoms with Gasteiger partial charge in [-0.2, -0.15) is 0 Å². The van der Waals surface area contributed by atoms with Crippen molar-refractivity contribution in [2.45, 2.75) is 52.1 Å². The van der Waals surface area contributed by atoms with E-state index in [1.54, 1.807) is 0 Å². The lowest BCUT2D eigenvalue weighted by molar-refractivity contribution is -0.117. The fourth-order valence-electron chi connectivity index (χ4n) is 2.61. The van der Waals surface area contributed by atoms with Crippen LogP contribution in [0.3, 0.4) is 0 Å². The number of nitrogens with one attached hydrogen (secondary N) is 3. The molecule has 0 radical (unpaired) electrons. The lowest BCUT2D eigenvalue weighted by Gasteiger charge is -2.11. The van der Waals surface area contributed by atoms with Crippen LogP contribution in [0.4, 0.5) is 5.69 Å². The van der Waals surface area contributed by atoms with Crippen molar-refractivity contribution in [1.82, 2.24) is 10.9 Å². The average molecular weight is 261 g/mol. The number of carbonyl (C=O) groups is 1. The molecule has 0 spiro atoms. The molecule has 1 aromatic rings. The standard InChI is InChI=1S/C15H23N3O/c1-4-5-12-9-14(18-17-12)15(19)16-13-7-10(2)6-11(3)8-13/h6-8,12,14,17-18H,4-5,9H2,1-3H3,(H,16,19). The molecule has 1 aliphatic rings. The smallest absolute Gasteiger partial charge is 0.242 e. The van der Waals surface area contributed by atoms with Gasteiger partial charge in [-0.25, -0.2) is 5.43 Å². The van der Waals surface area contributed by atoms with E-state index in [4.69, 9.17) is 0 Å². The number of anilines is 1. The Morgan fingerprint density at radius 1 is 1.26 bits per heavy atom. The molecule has 1 saturated heterocycles. The first-order chi connectivity index (χ1) is 9.08. The van der Waals surface area contributed by atoms with Gasteiger partial charge in [0.1, 0.15) is 6.04 Å². The molecule has 0 saturated carbocycles. The third-order valence-corrected chi connectivity index (χ3v) is 3.42. The first-order valence-corrected chi connectivity index (χ1v) is 6.98. The molecule has 2 unspecified atom stereocenters. The van der Waals surface area contributed by atoms with E-state index in [0.717, 1.165) is 36.1 Å². The maximum atomic E-state index is 12.2. The first-order valence-electron chi connectivity index (χ1n) is 6.98. The Hall–Kier alpha value is -1.39. The maximum Gasteiger partial charge on any atom is 0.242 e. The van der Waals surface area contributed by atoms with Crippen LogP contribution in [0, 0.1) is 13.8 Å². The molecule has 2 rings (SSSR count). The number of amides is 1. The highest BCUT2D eigenvalue weighted by Crippen LogP contribution is 2.16. The van der Waals surface area contributed by atoms with Crippen molar-refractivity contribution in [3.8, 4) is 0 Å². The predicted octanol–water partition coefficient (Wildman–Crippen LogP) is 2.28. The first kappa shape index (κ1) is 14.0. The topological polar surface area (TPSA) is 53.2 Å². The minimum atomic E-state index is -0.141. The van der Waals surface area contributed by atoms with Crippen molar-refractivity contribution in [2.24, 2.45) is 0 Å². The van der Waals surface area contributed by atoms with E-state index in [1.807, 2.05) is 26.0 Å². The summed E-state index contributed by atoms with van der Waals surface area (Å²) in [6.45, 7) is 6.23. The van der Waals surface area contributed by atoms with Gasteiger partial charge in [-0.05, 0) is 49.9 Å². The monoisotopic (exact) mass is 261 g/mol. The molecular formula is C15H23N3O. The van der Waals surface area contributed by atoms with E-state index in [-0.39, 0.29) is 11.9 Å². The Balaban J connectivity index is 1.94. The van der Waals surface area contributed by atoms with Crippen LogP contribution in [0.5, 0.6) is 0 Å². The Bertz CT molecular complexity index is 438. The van der Waals surface area contributed by atoms with E-state index >= 15 is 0 Å². The maximum absolute atomic E-state index is 12.2. The van der Waals surface area contributed by atoms with Gasteiger partial charge < -0.3 is 5.32 Å². The van der Waals surface area contributed by atoms with Crippen molar-refractivity contribution in [3.63, 3.8) is 0 Å². The minimum absolute atomic E-state index is 0.0381. The number of hydrogen-bond donors (Lipinski definition) is 3. The summed E-state index contributed by atoms with van der Waals surface area (Å²) in [7, 11) is 0. The third kappa shape index (κ3) is 3.78. The average Bonchev–Trinajstić information content (AvgIpc) is 2.76. The molecule has 1 aromatic carbocycles. The molecule has 4 heteroatoms. The van der Waals surface area contributed by atoms with Crippen LogP contribution in [-0.2, 0) is 4.79 Å². The molecule has 19 heavy (non-hydrogen) atoms. The van der Waals surface area contributed by atoms with Crippen molar-refractivity contribution in [1.29, 1.82) is 0 Å². The number of carbonyl (C=O) groups excluding carboxylic acids is 1. The zero-order chi connectivity index (χ0) is 13.8. The zero-order valence-corrected chi connectivity index (χ0v) is 11.9. The number of rotatable bonds is 4. The fraction of sp³-hybridized carbons (Fsp3) is 0.533. The van der Waals surface area contributed by atoms with Crippen LogP contribution >= 0.6 is 0 Å². The number of hydrazine groups is 1. The number of aryl methyl sites for hydroxylation is 2. The molecular weight excluding hydrogens is 238 g/mol. The summed E-state index contributed by atoms with van der Waals surface area (Å²) in [6, 6.07) is 6.35. The fourth-order valence-corrected chi connectivity index (χ4v) is 2.61. The van der Waals surface area contributed by atoms with Crippen LogP contribution in [0.25, 0.3) is 0 Å². The highest BCUT2D eigenvalue weighted by molar-refractivity contribution is 5.95. The number of benzene rings is 1. The summed E-state index contributed by atoms with van der Waals surface area (Å²) < 4.78 is 0. The Labute approximate surface area is 114 Å². The lowest BCUT2D eigenvalue weighted by atomic mass is 10.1. The summed E-state index contributed by atoms with van der Waals surface area (Å²) in [5.41, 5.74) is 9.47. The molecule has 1 amide bonds. The molecule has 0 aromatic heterocycles. The van der Waals surface area contributed by atoms with Gasteiger partial charge in [0.25, 0.3) is 0 Å². The molecule has 104 valence electrons. The molecule has 2 atom stereocenters. The summed E-state index contributed by atoms with van der Waals surface area (Å²) in [6.07, 6.45) is 3.08. The quantitative estimate of drug-likeness (QED) is 0.779.